The van der Waals surface area contributed by atoms with Crippen molar-refractivity contribution in [2.45, 2.75) is 58.2 Å². The molecule has 0 saturated carbocycles. The quantitative estimate of drug-likeness (QED) is 0.0653. The molecule has 0 aliphatic rings. The van der Waals surface area contributed by atoms with Gasteiger partial charge < -0.3 is 15.5 Å². The van der Waals surface area contributed by atoms with Crippen molar-refractivity contribution in [3.05, 3.63) is 142 Å². The van der Waals surface area contributed by atoms with Gasteiger partial charge >= 0.3 is 11.9 Å². The summed E-state index contributed by atoms with van der Waals surface area (Å²) in [4.78, 5) is 43.1. The van der Waals surface area contributed by atoms with Crippen LogP contribution in [-0.4, -0.2) is 34.2 Å². The van der Waals surface area contributed by atoms with E-state index in [1.807, 2.05) is 66.7 Å². The molecular weight excluding hydrogens is 556 g/mol. The zero-order chi connectivity index (χ0) is 31.3. The molecule has 0 saturated heterocycles. The average molecular weight is 595 g/mol. The molecule has 1 amide bonds. The van der Waals surface area contributed by atoms with Crippen LogP contribution >= 0.6 is 0 Å². The minimum atomic E-state index is -1.19. The molecule has 4 rings (SSSR count). The molecule has 1 atom stereocenters. The highest BCUT2D eigenvalue weighted by Gasteiger charge is 2.21. The Kier molecular flexibility index (Phi) is 11.8. The molecule has 0 aliphatic heterocycles. The molecule has 0 spiro atoms. The summed E-state index contributed by atoms with van der Waals surface area (Å²) in [5.41, 5.74) is 7.42. The molecule has 8 heteroatoms. The van der Waals surface area contributed by atoms with Crippen molar-refractivity contribution in [3.63, 3.8) is 0 Å². The molecule has 4 N–H and O–H groups in total. The van der Waals surface area contributed by atoms with E-state index in [1.165, 1.54) is 6.07 Å². The van der Waals surface area contributed by atoms with Gasteiger partial charge in [0.2, 0.25) is 0 Å². The predicted octanol–water partition coefficient (Wildman–Crippen LogP) is 6.62. The van der Waals surface area contributed by atoms with Crippen LogP contribution in [0.25, 0.3) is 0 Å². The van der Waals surface area contributed by atoms with Crippen molar-refractivity contribution in [2.75, 3.05) is 0 Å². The maximum Gasteiger partial charge on any atom is 0.336 e. The van der Waals surface area contributed by atoms with Gasteiger partial charge in [0.05, 0.1) is 23.3 Å². The standard InChI is InChI=1S/C36H38N2O6/c1-2-3-6-15-33(37-34(39)32-23-28(17-19-31(32)36(42)43)21-26-13-9-5-10-14-26)38-44-24-29-22-27(16-18-30(29)35(40)41)20-25-11-7-4-8-12-25/h4-5,7-14,16-19,22-23,33,38H,2-3,6,15,20-21,24H2,1H3,(H,37,39)(H,40,41)(H,42,43). The van der Waals surface area contributed by atoms with E-state index in [4.69, 9.17) is 4.84 Å². The Morgan fingerprint density at radius 2 is 1.25 bits per heavy atom. The second-order valence-electron chi connectivity index (χ2n) is 10.7. The van der Waals surface area contributed by atoms with Crippen molar-refractivity contribution in [3.8, 4) is 0 Å². The van der Waals surface area contributed by atoms with Crippen LogP contribution < -0.4 is 10.8 Å². The lowest BCUT2D eigenvalue weighted by atomic mass is 9.98. The van der Waals surface area contributed by atoms with Crippen molar-refractivity contribution in [2.24, 2.45) is 0 Å². The average Bonchev–Trinajstić information content (AvgIpc) is 3.02. The van der Waals surface area contributed by atoms with E-state index in [-0.39, 0.29) is 23.3 Å². The summed E-state index contributed by atoms with van der Waals surface area (Å²) < 4.78 is 0. The van der Waals surface area contributed by atoms with Gasteiger partial charge in [0.1, 0.15) is 6.17 Å². The molecule has 1 unspecified atom stereocenters. The van der Waals surface area contributed by atoms with Crippen LogP contribution in [-0.2, 0) is 24.3 Å². The van der Waals surface area contributed by atoms with Crippen LogP contribution in [0.1, 0.15) is 91.5 Å². The molecule has 0 aliphatic carbocycles. The summed E-state index contributed by atoms with van der Waals surface area (Å²) in [7, 11) is 0. The van der Waals surface area contributed by atoms with Gasteiger partial charge in [0.15, 0.2) is 0 Å². The van der Waals surface area contributed by atoms with Crippen LogP contribution in [0, 0.1) is 0 Å². The van der Waals surface area contributed by atoms with E-state index in [9.17, 15) is 24.6 Å². The minimum Gasteiger partial charge on any atom is -0.478 e. The number of carbonyl (C=O) groups is 3. The number of hydrogen-bond acceptors (Lipinski definition) is 5. The molecule has 0 heterocycles. The van der Waals surface area contributed by atoms with E-state index in [1.54, 1.807) is 24.3 Å². The predicted molar refractivity (Wildman–Crippen MR) is 169 cm³/mol. The first kappa shape index (κ1) is 32.1. The molecule has 0 aromatic heterocycles. The molecule has 0 fully saturated rings. The number of hydroxylamine groups is 1. The summed E-state index contributed by atoms with van der Waals surface area (Å²) in [5.74, 6) is -2.78. The number of carboxylic acid groups (broad SMARTS) is 2. The largest absolute Gasteiger partial charge is 0.478 e. The van der Waals surface area contributed by atoms with Gasteiger partial charge in [-0.15, -0.1) is 0 Å². The third kappa shape index (κ3) is 9.36. The van der Waals surface area contributed by atoms with E-state index in [0.717, 1.165) is 41.5 Å². The zero-order valence-corrected chi connectivity index (χ0v) is 24.8. The van der Waals surface area contributed by atoms with Crippen molar-refractivity contribution >= 4 is 17.8 Å². The lowest BCUT2D eigenvalue weighted by Crippen LogP contribution is -2.45. The molecule has 4 aromatic carbocycles. The topological polar surface area (TPSA) is 125 Å². The normalized spacial score (nSPS) is 11.6. The highest BCUT2D eigenvalue weighted by molar-refractivity contribution is 6.05. The molecular formula is C36H38N2O6. The maximum atomic E-state index is 13.5. The Labute approximate surface area is 257 Å². The van der Waals surface area contributed by atoms with Crippen LogP contribution in [0.15, 0.2) is 97.1 Å². The third-order valence-corrected chi connectivity index (χ3v) is 7.32. The number of rotatable bonds is 16. The number of amides is 1. The fourth-order valence-electron chi connectivity index (χ4n) is 5.04. The van der Waals surface area contributed by atoms with Crippen LogP contribution in [0.2, 0.25) is 0 Å². The van der Waals surface area contributed by atoms with E-state index >= 15 is 0 Å². The molecule has 0 radical (unpaired) electrons. The van der Waals surface area contributed by atoms with Gasteiger partial charge in [-0.2, -0.15) is 5.48 Å². The first-order valence-corrected chi connectivity index (χ1v) is 14.8. The maximum absolute atomic E-state index is 13.5. The molecule has 8 nitrogen and oxygen atoms in total. The fraction of sp³-hybridized carbons (Fsp3) is 0.250. The zero-order valence-electron chi connectivity index (χ0n) is 24.8. The number of carbonyl (C=O) groups excluding carboxylic acids is 1. The smallest absolute Gasteiger partial charge is 0.336 e. The SMILES string of the molecule is CCCCCC(NOCc1cc(Cc2ccccc2)ccc1C(=O)O)NC(=O)c1cc(Cc2ccccc2)ccc1C(=O)O. The lowest BCUT2D eigenvalue weighted by molar-refractivity contribution is -0.00652. The third-order valence-electron chi connectivity index (χ3n) is 7.32. The van der Waals surface area contributed by atoms with Crippen molar-refractivity contribution in [1.82, 2.24) is 10.8 Å². The summed E-state index contributed by atoms with van der Waals surface area (Å²) in [6.07, 6.45) is 3.81. The second-order valence-corrected chi connectivity index (χ2v) is 10.7. The van der Waals surface area contributed by atoms with Gasteiger partial charge in [0.25, 0.3) is 5.91 Å². The Hall–Kier alpha value is -4.79. The molecule has 0 bridgehead atoms. The fourth-order valence-corrected chi connectivity index (χ4v) is 5.04. The van der Waals surface area contributed by atoms with E-state index in [0.29, 0.717) is 24.8 Å². The van der Waals surface area contributed by atoms with Gasteiger partial charge in [-0.1, -0.05) is 98.6 Å². The van der Waals surface area contributed by atoms with Crippen LogP contribution in [0.4, 0.5) is 0 Å². The Balaban J connectivity index is 1.48. The van der Waals surface area contributed by atoms with Crippen LogP contribution in [0.3, 0.4) is 0 Å². The highest BCUT2D eigenvalue weighted by atomic mass is 16.6. The number of carboxylic acids is 2. The molecule has 44 heavy (non-hydrogen) atoms. The monoisotopic (exact) mass is 594 g/mol. The first-order valence-electron chi connectivity index (χ1n) is 14.8. The number of hydrogen-bond donors (Lipinski definition) is 4. The molecule has 228 valence electrons. The van der Waals surface area contributed by atoms with Gasteiger partial charge in [-0.25, -0.2) is 9.59 Å². The Morgan fingerprint density at radius 3 is 1.82 bits per heavy atom. The summed E-state index contributed by atoms with van der Waals surface area (Å²) in [6, 6.07) is 29.6. The van der Waals surface area contributed by atoms with E-state index in [2.05, 4.69) is 17.7 Å². The first-order chi connectivity index (χ1) is 21.3. The van der Waals surface area contributed by atoms with Gasteiger partial charge in [0, 0.05) is 0 Å². The minimum absolute atomic E-state index is 0.0443. The van der Waals surface area contributed by atoms with Gasteiger partial charge in [-0.3, -0.25) is 9.63 Å². The second kappa shape index (κ2) is 16.2. The number of nitrogens with one attached hydrogen (secondary N) is 2. The number of unbranched alkanes of at least 4 members (excludes halogenated alkanes) is 2. The Bertz CT molecular complexity index is 1560. The number of benzene rings is 4. The van der Waals surface area contributed by atoms with Crippen molar-refractivity contribution in [1.29, 1.82) is 0 Å². The number of aromatic carboxylic acids is 2. The summed E-state index contributed by atoms with van der Waals surface area (Å²) in [5, 5.41) is 22.4. The van der Waals surface area contributed by atoms with Crippen molar-refractivity contribution < 1.29 is 29.4 Å². The summed E-state index contributed by atoms with van der Waals surface area (Å²) in [6.45, 7) is 2.03. The van der Waals surface area contributed by atoms with E-state index < -0.39 is 24.0 Å². The van der Waals surface area contributed by atoms with Gasteiger partial charge in [-0.05, 0) is 71.7 Å². The van der Waals surface area contributed by atoms with Crippen LogP contribution in [0.5, 0.6) is 0 Å². The Morgan fingerprint density at radius 1 is 0.682 bits per heavy atom. The lowest BCUT2D eigenvalue weighted by Gasteiger charge is -2.21. The molecule has 4 aromatic rings. The summed E-state index contributed by atoms with van der Waals surface area (Å²) >= 11 is 0. The highest BCUT2D eigenvalue weighted by Crippen LogP contribution is 2.19.